The Balaban J connectivity index is 1.35. The molecule has 7 nitrogen and oxygen atoms in total. The van der Waals surface area contributed by atoms with Gasteiger partial charge in [0.15, 0.2) is 0 Å². The molecule has 0 saturated carbocycles. The number of anilines is 2. The van der Waals surface area contributed by atoms with E-state index in [1.807, 2.05) is 79.7 Å². The van der Waals surface area contributed by atoms with E-state index in [0.29, 0.717) is 23.4 Å². The highest BCUT2D eigenvalue weighted by atomic mass is 32.1. The number of rotatable bonds is 8. The third-order valence-corrected chi connectivity index (χ3v) is 7.42. The summed E-state index contributed by atoms with van der Waals surface area (Å²) in [7, 11) is 1.69. The Kier molecular flexibility index (Phi) is 7.98. The second-order valence-corrected chi connectivity index (χ2v) is 10.4. The van der Waals surface area contributed by atoms with E-state index in [1.54, 1.807) is 30.8 Å². The van der Waals surface area contributed by atoms with Crippen LogP contribution in [0.25, 0.3) is 10.2 Å². The van der Waals surface area contributed by atoms with Crippen molar-refractivity contribution in [3.05, 3.63) is 125 Å². The molecule has 0 saturated heterocycles. The fourth-order valence-corrected chi connectivity index (χ4v) is 5.01. The second kappa shape index (κ2) is 11.9. The molecule has 0 aliphatic heterocycles. The Morgan fingerprint density at radius 3 is 2.33 bits per heavy atom. The molecule has 8 heteroatoms. The first kappa shape index (κ1) is 26.8. The molecule has 0 bridgehead atoms. The van der Waals surface area contributed by atoms with Crippen LogP contribution in [-0.2, 0) is 11.2 Å². The van der Waals surface area contributed by atoms with E-state index in [2.05, 4.69) is 15.6 Å². The maximum atomic E-state index is 13.7. The van der Waals surface area contributed by atoms with Crippen molar-refractivity contribution in [3.8, 4) is 0 Å². The number of nitrogens with zero attached hydrogens (tertiary/aromatic N) is 2. The zero-order valence-corrected chi connectivity index (χ0v) is 22.9. The average molecular weight is 549 g/mol. The molecule has 200 valence electrons. The number of fused-ring (bicyclic) bond motifs is 1. The van der Waals surface area contributed by atoms with E-state index in [0.717, 1.165) is 21.3 Å². The van der Waals surface area contributed by atoms with Gasteiger partial charge in [0.2, 0.25) is 5.91 Å². The third kappa shape index (κ3) is 6.24. The van der Waals surface area contributed by atoms with Crippen molar-refractivity contribution >= 4 is 50.6 Å². The molecule has 0 aliphatic rings. The van der Waals surface area contributed by atoms with Crippen molar-refractivity contribution in [2.24, 2.45) is 0 Å². The molecule has 5 aromatic rings. The van der Waals surface area contributed by atoms with Crippen LogP contribution in [0.15, 0.2) is 103 Å². The highest BCUT2D eigenvalue weighted by molar-refractivity contribution is 7.16. The molecule has 3 amide bonds. The molecular weight excluding hydrogens is 520 g/mol. The minimum absolute atomic E-state index is 0.264. The zero-order valence-electron chi connectivity index (χ0n) is 22.1. The molecule has 0 aliphatic carbocycles. The van der Waals surface area contributed by atoms with Crippen LogP contribution < -0.4 is 15.5 Å². The van der Waals surface area contributed by atoms with E-state index in [-0.39, 0.29) is 17.4 Å². The number of thiazole rings is 1. The van der Waals surface area contributed by atoms with E-state index in [1.165, 1.54) is 22.3 Å². The van der Waals surface area contributed by atoms with Crippen LogP contribution in [0.1, 0.15) is 31.8 Å². The second-order valence-electron chi connectivity index (χ2n) is 9.52. The lowest BCUT2D eigenvalue weighted by Gasteiger charge is -2.25. The van der Waals surface area contributed by atoms with Crippen molar-refractivity contribution < 1.29 is 14.4 Å². The monoisotopic (exact) mass is 548 g/mol. The van der Waals surface area contributed by atoms with Gasteiger partial charge in [0.25, 0.3) is 11.8 Å². The normalized spacial score (nSPS) is 11.6. The first-order valence-corrected chi connectivity index (χ1v) is 13.7. The number of benzene rings is 4. The fraction of sp³-hybridized carbons (Fsp3) is 0.125. The Morgan fingerprint density at radius 2 is 1.57 bits per heavy atom. The van der Waals surface area contributed by atoms with Crippen LogP contribution >= 0.6 is 11.3 Å². The summed E-state index contributed by atoms with van der Waals surface area (Å²) in [5, 5.41) is 5.76. The number of carbonyl (C=O) groups excluding carboxylic acids is 3. The average Bonchev–Trinajstić information content (AvgIpc) is 3.46. The molecule has 2 N–H and O–H groups in total. The Labute approximate surface area is 236 Å². The van der Waals surface area contributed by atoms with E-state index in [4.69, 9.17) is 0 Å². The summed E-state index contributed by atoms with van der Waals surface area (Å²) in [5.41, 5.74) is 6.56. The number of likely N-dealkylation sites (N-methyl/N-ethyl adjacent to an activating group) is 1. The summed E-state index contributed by atoms with van der Waals surface area (Å²) in [6, 6.07) is 28.3. The molecule has 5 rings (SSSR count). The minimum Gasteiger partial charge on any atom is -0.340 e. The number of nitrogens with one attached hydrogen (secondary N) is 2. The van der Waals surface area contributed by atoms with Crippen molar-refractivity contribution in [2.75, 3.05) is 17.3 Å². The van der Waals surface area contributed by atoms with Gasteiger partial charge < -0.3 is 15.5 Å². The van der Waals surface area contributed by atoms with Crippen LogP contribution in [0.2, 0.25) is 0 Å². The summed E-state index contributed by atoms with van der Waals surface area (Å²) in [5.74, 6) is -1.03. The molecular formula is C32H28N4O3S. The van der Waals surface area contributed by atoms with Crippen molar-refractivity contribution in [2.45, 2.75) is 19.4 Å². The number of aromatic nitrogens is 1. The first-order chi connectivity index (χ1) is 19.4. The Hall–Kier alpha value is -4.82. The fourth-order valence-electron chi connectivity index (χ4n) is 4.35. The number of carbonyl (C=O) groups is 3. The Bertz CT molecular complexity index is 1660. The highest BCUT2D eigenvalue weighted by Crippen LogP contribution is 2.24. The van der Waals surface area contributed by atoms with Gasteiger partial charge in [-0.3, -0.25) is 14.4 Å². The van der Waals surface area contributed by atoms with Crippen molar-refractivity contribution in [1.82, 2.24) is 10.3 Å². The molecule has 1 aromatic heterocycles. The first-order valence-electron chi connectivity index (χ1n) is 12.8. The van der Waals surface area contributed by atoms with Crippen LogP contribution in [0, 0.1) is 6.92 Å². The van der Waals surface area contributed by atoms with Gasteiger partial charge in [-0.2, -0.15) is 0 Å². The number of aryl methyl sites for hydroxylation is 1. The third-order valence-electron chi connectivity index (χ3n) is 6.61. The lowest BCUT2D eigenvalue weighted by Crippen LogP contribution is -2.48. The van der Waals surface area contributed by atoms with Crippen LogP contribution in [0.5, 0.6) is 0 Å². The smallest absolute Gasteiger partial charge is 0.255 e. The summed E-state index contributed by atoms with van der Waals surface area (Å²) in [6.45, 7) is 1.97. The molecule has 1 atom stereocenters. The van der Waals surface area contributed by atoms with Gasteiger partial charge in [0.05, 0.1) is 15.7 Å². The van der Waals surface area contributed by atoms with Crippen LogP contribution in [0.3, 0.4) is 0 Å². The summed E-state index contributed by atoms with van der Waals surface area (Å²) in [4.78, 5) is 45.9. The van der Waals surface area contributed by atoms with Gasteiger partial charge in [-0.05, 0) is 61.0 Å². The summed E-state index contributed by atoms with van der Waals surface area (Å²) in [6.07, 6.45) is 0.308. The SMILES string of the molecule is Cc1ccc(NC(=O)c2cccc(C(=O)N[C@@H](Cc3ccccc3)C(=O)N(C)c3ccc4scnc4c3)c2)cc1. The van der Waals surface area contributed by atoms with E-state index < -0.39 is 11.9 Å². The van der Waals surface area contributed by atoms with Gasteiger partial charge in [-0.1, -0.05) is 54.1 Å². The van der Waals surface area contributed by atoms with Gasteiger partial charge >= 0.3 is 0 Å². The van der Waals surface area contributed by atoms with Gasteiger partial charge in [0, 0.05) is 36.0 Å². The molecule has 1 heterocycles. The highest BCUT2D eigenvalue weighted by Gasteiger charge is 2.26. The van der Waals surface area contributed by atoms with Crippen molar-refractivity contribution in [3.63, 3.8) is 0 Å². The molecule has 0 fully saturated rings. The van der Waals surface area contributed by atoms with Gasteiger partial charge in [-0.15, -0.1) is 11.3 Å². The predicted molar refractivity (Wildman–Crippen MR) is 160 cm³/mol. The molecule has 4 aromatic carbocycles. The van der Waals surface area contributed by atoms with Crippen LogP contribution in [0.4, 0.5) is 11.4 Å². The quantitative estimate of drug-likeness (QED) is 0.254. The van der Waals surface area contributed by atoms with Gasteiger partial charge in [0.1, 0.15) is 6.04 Å². The lowest BCUT2D eigenvalue weighted by molar-refractivity contribution is -0.120. The minimum atomic E-state index is -0.837. The van der Waals surface area contributed by atoms with Gasteiger partial charge in [-0.25, -0.2) is 4.98 Å². The topological polar surface area (TPSA) is 91.4 Å². The number of hydrogen-bond donors (Lipinski definition) is 2. The maximum Gasteiger partial charge on any atom is 0.255 e. The van der Waals surface area contributed by atoms with Crippen LogP contribution in [-0.4, -0.2) is 35.8 Å². The van der Waals surface area contributed by atoms with E-state index in [9.17, 15) is 14.4 Å². The summed E-state index contributed by atoms with van der Waals surface area (Å²) < 4.78 is 1.03. The van der Waals surface area contributed by atoms with E-state index >= 15 is 0 Å². The maximum absolute atomic E-state index is 13.7. The molecule has 40 heavy (non-hydrogen) atoms. The zero-order chi connectivity index (χ0) is 28.1. The summed E-state index contributed by atoms with van der Waals surface area (Å²) >= 11 is 1.53. The largest absolute Gasteiger partial charge is 0.340 e. The number of amides is 3. The Morgan fingerprint density at radius 1 is 0.850 bits per heavy atom. The molecule has 0 spiro atoms. The lowest BCUT2D eigenvalue weighted by atomic mass is 10.0. The molecule has 0 radical (unpaired) electrons. The standard InChI is InChI=1S/C32H28N4O3S/c1-21-11-13-25(14-12-21)34-30(37)23-9-6-10-24(18-23)31(38)35-28(17-22-7-4-3-5-8-22)32(39)36(2)26-15-16-29-27(19-26)33-20-40-29/h3-16,18-20,28H,17H2,1-2H3,(H,34,37)(H,35,38)/t28-/m0/s1. The predicted octanol–water partition coefficient (Wildman–Crippen LogP) is 5.86. The van der Waals surface area contributed by atoms with Crippen molar-refractivity contribution in [1.29, 1.82) is 0 Å². The molecule has 0 unspecified atom stereocenters. The number of hydrogen-bond acceptors (Lipinski definition) is 5.